The smallest absolute Gasteiger partial charge is 0.230 e. The molecule has 6 heteroatoms. The fourth-order valence-electron chi connectivity index (χ4n) is 3.61. The van der Waals surface area contributed by atoms with Crippen LogP contribution >= 0.6 is 11.3 Å². The second kappa shape index (κ2) is 9.09. The van der Waals surface area contributed by atoms with Crippen LogP contribution in [-0.4, -0.2) is 30.6 Å². The van der Waals surface area contributed by atoms with Crippen molar-refractivity contribution in [2.75, 3.05) is 29.9 Å². The van der Waals surface area contributed by atoms with Crippen LogP contribution in [0.2, 0.25) is 0 Å². The molecule has 1 fully saturated rings. The van der Waals surface area contributed by atoms with Gasteiger partial charge >= 0.3 is 0 Å². The molecular weight excluding hydrogens is 382 g/mol. The third-order valence-corrected chi connectivity index (χ3v) is 5.86. The zero-order valence-electron chi connectivity index (χ0n) is 16.6. The molecule has 1 aromatic heterocycles. The summed E-state index contributed by atoms with van der Waals surface area (Å²) < 4.78 is 5.71. The van der Waals surface area contributed by atoms with Crippen LogP contribution in [0.5, 0.6) is 5.75 Å². The third kappa shape index (κ3) is 4.59. The van der Waals surface area contributed by atoms with Gasteiger partial charge < -0.3 is 15.0 Å². The first-order valence-electron chi connectivity index (χ1n) is 10.0. The van der Waals surface area contributed by atoms with E-state index in [4.69, 9.17) is 4.74 Å². The van der Waals surface area contributed by atoms with Crippen LogP contribution in [-0.2, 0) is 11.2 Å². The molecule has 1 saturated heterocycles. The quantitative estimate of drug-likeness (QED) is 0.599. The van der Waals surface area contributed by atoms with Crippen molar-refractivity contribution in [1.82, 2.24) is 4.98 Å². The van der Waals surface area contributed by atoms with Gasteiger partial charge in [-0.25, -0.2) is 4.98 Å². The van der Waals surface area contributed by atoms with Crippen LogP contribution in [0.3, 0.4) is 0 Å². The second-order valence-electron chi connectivity index (χ2n) is 7.01. The number of carbonyl (C=O) groups excluding carboxylic acids is 1. The SMILES string of the molecule is CCOc1ccccc1-c1nc(CC(=O)Nc2ccccc2N2CCCC2)cs1. The molecular formula is C23H25N3O2S. The molecule has 1 aliphatic heterocycles. The van der Waals surface area contributed by atoms with E-state index in [0.29, 0.717) is 6.61 Å². The monoisotopic (exact) mass is 407 g/mol. The van der Waals surface area contributed by atoms with Crippen molar-refractivity contribution in [2.24, 2.45) is 0 Å². The average Bonchev–Trinajstić information content (AvgIpc) is 3.41. The minimum Gasteiger partial charge on any atom is -0.493 e. The van der Waals surface area contributed by atoms with Gasteiger partial charge in [0.15, 0.2) is 0 Å². The lowest BCUT2D eigenvalue weighted by Crippen LogP contribution is -2.21. The number of carbonyl (C=O) groups is 1. The van der Waals surface area contributed by atoms with Gasteiger partial charge in [-0.2, -0.15) is 0 Å². The molecule has 1 aliphatic rings. The zero-order chi connectivity index (χ0) is 20.1. The van der Waals surface area contributed by atoms with Crippen molar-refractivity contribution in [3.8, 4) is 16.3 Å². The number of nitrogens with zero attached hydrogens (tertiary/aromatic N) is 2. The van der Waals surface area contributed by atoms with E-state index in [0.717, 1.165) is 46.5 Å². The van der Waals surface area contributed by atoms with Crippen LogP contribution in [0, 0.1) is 0 Å². The Morgan fingerprint density at radius 1 is 1.14 bits per heavy atom. The van der Waals surface area contributed by atoms with Gasteiger partial charge in [-0.15, -0.1) is 11.3 Å². The zero-order valence-corrected chi connectivity index (χ0v) is 17.4. The molecule has 4 rings (SSSR count). The standard InChI is InChI=1S/C23H25N3O2S/c1-2-28-21-12-6-3-9-18(21)23-24-17(16-29-23)15-22(27)25-19-10-4-5-11-20(19)26-13-7-8-14-26/h3-6,9-12,16H,2,7-8,13-15H2,1H3,(H,25,27). The van der Waals surface area contributed by atoms with E-state index in [-0.39, 0.29) is 12.3 Å². The Hall–Kier alpha value is -2.86. The highest BCUT2D eigenvalue weighted by Crippen LogP contribution is 2.32. The third-order valence-electron chi connectivity index (χ3n) is 4.94. The Labute approximate surface area is 175 Å². The predicted octanol–water partition coefficient (Wildman–Crippen LogP) is 4.99. The summed E-state index contributed by atoms with van der Waals surface area (Å²) in [6.45, 7) is 4.66. The summed E-state index contributed by atoms with van der Waals surface area (Å²) >= 11 is 1.54. The molecule has 0 saturated carbocycles. The molecule has 5 nitrogen and oxygen atoms in total. The van der Waals surface area contributed by atoms with E-state index in [1.54, 1.807) is 0 Å². The molecule has 0 radical (unpaired) electrons. The Morgan fingerprint density at radius 3 is 2.72 bits per heavy atom. The minimum atomic E-state index is -0.0495. The molecule has 2 aromatic carbocycles. The number of ether oxygens (including phenoxy) is 1. The first kappa shape index (κ1) is 19.5. The van der Waals surface area contributed by atoms with Crippen molar-refractivity contribution in [2.45, 2.75) is 26.2 Å². The summed E-state index contributed by atoms with van der Waals surface area (Å²) in [4.78, 5) is 19.7. The van der Waals surface area contributed by atoms with Gasteiger partial charge in [0.05, 0.1) is 35.7 Å². The summed E-state index contributed by atoms with van der Waals surface area (Å²) in [6.07, 6.45) is 2.65. The molecule has 1 amide bonds. The maximum Gasteiger partial charge on any atom is 0.230 e. The number of hydrogen-bond donors (Lipinski definition) is 1. The van der Waals surface area contributed by atoms with Crippen molar-refractivity contribution in [1.29, 1.82) is 0 Å². The summed E-state index contributed by atoms with van der Waals surface area (Å²) in [5.74, 6) is 0.770. The number of hydrogen-bond acceptors (Lipinski definition) is 5. The Balaban J connectivity index is 1.46. The lowest BCUT2D eigenvalue weighted by atomic mass is 10.2. The van der Waals surface area contributed by atoms with Gasteiger partial charge in [0.25, 0.3) is 0 Å². The maximum atomic E-state index is 12.7. The molecule has 0 spiro atoms. The van der Waals surface area contributed by atoms with Gasteiger partial charge in [0, 0.05) is 18.5 Å². The van der Waals surface area contributed by atoms with E-state index < -0.39 is 0 Å². The summed E-state index contributed by atoms with van der Waals surface area (Å²) in [6, 6.07) is 15.9. The van der Waals surface area contributed by atoms with Crippen LogP contribution < -0.4 is 15.0 Å². The van der Waals surface area contributed by atoms with Gasteiger partial charge in [-0.3, -0.25) is 4.79 Å². The van der Waals surface area contributed by atoms with E-state index in [1.165, 1.54) is 24.2 Å². The highest BCUT2D eigenvalue weighted by atomic mass is 32.1. The van der Waals surface area contributed by atoms with Crippen molar-refractivity contribution in [3.05, 3.63) is 59.6 Å². The number of rotatable bonds is 7. The number of benzene rings is 2. The van der Waals surface area contributed by atoms with Gasteiger partial charge in [-0.05, 0) is 44.0 Å². The largest absolute Gasteiger partial charge is 0.493 e. The first-order valence-corrected chi connectivity index (χ1v) is 10.9. The van der Waals surface area contributed by atoms with Crippen LogP contribution in [0.1, 0.15) is 25.5 Å². The van der Waals surface area contributed by atoms with Crippen molar-refractivity contribution >= 4 is 28.6 Å². The molecule has 3 aromatic rings. The molecule has 150 valence electrons. The Morgan fingerprint density at radius 2 is 1.90 bits per heavy atom. The highest BCUT2D eigenvalue weighted by molar-refractivity contribution is 7.13. The number of para-hydroxylation sites is 3. The molecule has 29 heavy (non-hydrogen) atoms. The van der Waals surface area contributed by atoms with Crippen LogP contribution in [0.15, 0.2) is 53.9 Å². The number of amides is 1. The van der Waals surface area contributed by atoms with E-state index in [2.05, 4.69) is 21.3 Å². The molecule has 2 heterocycles. The number of nitrogens with one attached hydrogen (secondary N) is 1. The summed E-state index contributed by atoms with van der Waals surface area (Å²) in [7, 11) is 0. The number of aromatic nitrogens is 1. The van der Waals surface area contributed by atoms with Crippen molar-refractivity contribution in [3.63, 3.8) is 0 Å². The van der Waals surface area contributed by atoms with Crippen molar-refractivity contribution < 1.29 is 9.53 Å². The molecule has 0 bridgehead atoms. The highest BCUT2D eigenvalue weighted by Gasteiger charge is 2.17. The van der Waals surface area contributed by atoms with E-state index >= 15 is 0 Å². The fraction of sp³-hybridized carbons (Fsp3) is 0.304. The minimum absolute atomic E-state index is 0.0495. The molecule has 0 unspecified atom stereocenters. The normalized spacial score (nSPS) is 13.5. The number of anilines is 2. The van der Waals surface area contributed by atoms with Crippen LogP contribution in [0.4, 0.5) is 11.4 Å². The maximum absolute atomic E-state index is 12.7. The van der Waals surface area contributed by atoms with Crippen LogP contribution in [0.25, 0.3) is 10.6 Å². The van der Waals surface area contributed by atoms with Gasteiger partial charge in [-0.1, -0.05) is 24.3 Å². The lowest BCUT2D eigenvalue weighted by Gasteiger charge is -2.21. The van der Waals surface area contributed by atoms with Gasteiger partial charge in [0.2, 0.25) is 5.91 Å². The molecule has 0 atom stereocenters. The Kier molecular flexibility index (Phi) is 6.10. The summed E-state index contributed by atoms with van der Waals surface area (Å²) in [5.41, 5.74) is 3.71. The number of thiazole rings is 1. The Bertz CT molecular complexity index is 980. The summed E-state index contributed by atoms with van der Waals surface area (Å²) in [5, 5.41) is 5.89. The second-order valence-corrected chi connectivity index (χ2v) is 7.87. The lowest BCUT2D eigenvalue weighted by molar-refractivity contribution is -0.115. The molecule has 1 N–H and O–H groups in total. The fourth-order valence-corrected chi connectivity index (χ4v) is 4.46. The van der Waals surface area contributed by atoms with E-state index in [1.807, 2.05) is 54.8 Å². The average molecular weight is 408 g/mol. The van der Waals surface area contributed by atoms with E-state index in [9.17, 15) is 4.79 Å². The molecule has 0 aliphatic carbocycles. The predicted molar refractivity (Wildman–Crippen MR) is 119 cm³/mol. The van der Waals surface area contributed by atoms with Gasteiger partial charge in [0.1, 0.15) is 10.8 Å². The first-order chi connectivity index (χ1) is 14.2. The topological polar surface area (TPSA) is 54.5 Å².